The molecule has 6 nitrogen and oxygen atoms in total. The number of carbonyl (C=O) groups is 3. The molecular formula is C22H28N2O4S. The van der Waals surface area contributed by atoms with Crippen molar-refractivity contribution in [1.82, 2.24) is 4.90 Å². The molecule has 0 saturated carbocycles. The monoisotopic (exact) mass is 416 g/mol. The number of hydrogen-bond acceptors (Lipinski definition) is 6. The first-order valence-corrected chi connectivity index (χ1v) is 10.6. The summed E-state index contributed by atoms with van der Waals surface area (Å²) in [5.74, 6) is -0.646. The van der Waals surface area contributed by atoms with Gasteiger partial charge in [0.05, 0.1) is 11.0 Å². The van der Waals surface area contributed by atoms with Gasteiger partial charge in [0, 0.05) is 18.3 Å². The maximum atomic E-state index is 12.6. The summed E-state index contributed by atoms with van der Waals surface area (Å²) >= 11 is 0.856. The van der Waals surface area contributed by atoms with Crippen molar-refractivity contribution in [2.24, 2.45) is 0 Å². The molecule has 0 N–H and O–H groups in total. The topological polar surface area (TPSA) is 66.9 Å². The van der Waals surface area contributed by atoms with Crippen LogP contribution in [0.3, 0.4) is 0 Å². The van der Waals surface area contributed by atoms with E-state index in [0.29, 0.717) is 10.8 Å². The van der Waals surface area contributed by atoms with Crippen LogP contribution in [0.4, 0.5) is 10.5 Å². The summed E-state index contributed by atoms with van der Waals surface area (Å²) in [5, 5.41) is -0.449. The second-order valence-electron chi connectivity index (χ2n) is 8.60. The molecule has 1 fully saturated rings. The Bertz CT molecular complexity index is 891. The zero-order chi connectivity index (χ0) is 21.5. The lowest BCUT2D eigenvalue weighted by molar-refractivity contribution is -0.149. The Labute approximate surface area is 176 Å². The van der Waals surface area contributed by atoms with Crippen LogP contribution in [0, 0.1) is 0 Å². The molecule has 0 aromatic heterocycles. The van der Waals surface area contributed by atoms with Crippen LogP contribution >= 0.6 is 11.8 Å². The maximum Gasteiger partial charge on any atom is 0.326 e. The minimum Gasteiger partial charge on any atom is -0.462 e. The molecule has 3 rings (SSSR count). The molecule has 7 heteroatoms. The van der Waals surface area contributed by atoms with Crippen LogP contribution in [0.15, 0.2) is 23.1 Å². The summed E-state index contributed by atoms with van der Waals surface area (Å²) in [7, 11) is 2.10. The number of amides is 2. The van der Waals surface area contributed by atoms with E-state index in [1.165, 1.54) is 11.3 Å². The minimum absolute atomic E-state index is 0.0845. The number of esters is 1. The van der Waals surface area contributed by atoms with Crippen molar-refractivity contribution in [2.75, 3.05) is 18.5 Å². The number of imide groups is 1. The highest BCUT2D eigenvalue weighted by molar-refractivity contribution is 8.18. The van der Waals surface area contributed by atoms with Crippen LogP contribution in [0.2, 0.25) is 0 Å². The van der Waals surface area contributed by atoms with Gasteiger partial charge in [0.15, 0.2) is 0 Å². The molecule has 1 saturated heterocycles. The Morgan fingerprint density at radius 1 is 1.34 bits per heavy atom. The molecule has 0 unspecified atom stereocenters. The number of anilines is 1. The molecule has 1 aromatic rings. The molecule has 0 spiro atoms. The van der Waals surface area contributed by atoms with Gasteiger partial charge in [-0.1, -0.05) is 13.0 Å². The Morgan fingerprint density at radius 2 is 2.03 bits per heavy atom. The molecule has 2 aliphatic rings. The SMILES string of the molecule is CC(C)OC(=O)CN1C(=O)S/C(=C/c2ccc3c(c2)[C@@H](C)CC(C)(C)N3C)C1=O. The molecule has 1 aromatic carbocycles. The van der Waals surface area contributed by atoms with E-state index < -0.39 is 17.1 Å². The molecule has 0 aliphatic carbocycles. The summed E-state index contributed by atoms with van der Waals surface area (Å²) in [5.41, 5.74) is 3.39. The first-order valence-electron chi connectivity index (χ1n) is 9.82. The summed E-state index contributed by atoms with van der Waals surface area (Å²) in [4.78, 5) is 40.3. The number of benzene rings is 1. The molecule has 2 heterocycles. The van der Waals surface area contributed by atoms with Gasteiger partial charge in [-0.25, -0.2) is 0 Å². The fourth-order valence-corrected chi connectivity index (χ4v) is 4.74. The van der Waals surface area contributed by atoms with Gasteiger partial charge in [-0.15, -0.1) is 0 Å². The van der Waals surface area contributed by atoms with E-state index in [9.17, 15) is 14.4 Å². The number of nitrogens with zero attached hydrogens (tertiary/aromatic N) is 2. The highest BCUT2D eigenvalue weighted by atomic mass is 32.2. The first kappa shape index (κ1) is 21.4. The molecule has 29 heavy (non-hydrogen) atoms. The first-order chi connectivity index (χ1) is 13.5. The van der Waals surface area contributed by atoms with E-state index in [2.05, 4.69) is 44.9 Å². The second-order valence-corrected chi connectivity index (χ2v) is 9.59. The Kier molecular flexibility index (Phi) is 5.81. The molecule has 0 bridgehead atoms. The smallest absolute Gasteiger partial charge is 0.326 e. The minimum atomic E-state index is -0.586. The van der Waals surface area contributed by atoms with Crippen LogP contribution in [0.1, 0.15) is 58.1 Å². The van der Waals surface area contributed by atoms with Crippen molar-refractivity contribution in [3.63, 3.8) is 0 Å². The standard InChI is InChI=1S/C22H28N2O4S/c1-13(2)28-19(25)12-24-20(26)18(29-21(24)27)10-15-7-8-17-16(9-15)14(3)11-22(4,5)23(17)6/h7-10,13-14H,11-12H2,1-6H3/b18-10+/t14-/m0/s1. The zero-order valence-electron chi connectivity index (χ0n) is 17.8. The van der Waals surface area contributed by atoms with E-state index in [1.54, 1.807) is 19.9 Å². The van der Waals surface area contributed by atoms with Crippen molar-refractivity contribution in [1.29, 1.82) is 0 Å². The largest absolute Gasteiger partial charge is 0.462 e. The molecule has 156 valence electrons. The number of carbonyl (C=O) groups excluding carboxylic acids is 3. The highest BCUT2D eigenvalue weighted by Gasteiger charge is 2.37. The van der Waals surface area contributed by atoms with Crippen molar-refractivity contribution in [3.8, 4) is 0 Å². The lowest BCUT2D eigenvalue weighted by Crippen LogP contribution is -2.45. The Hall–Kier alpha value is -2.28. The van der Waals surface area contributed by atoms with E-state index in [1.807, 2.05) is 6.07 Å². The summed E-state index contributed by atoms with van der Waals surface area (Å²) in [6.07, 6.45) is 2.47. The van der Waals surface area contributed by atoms with Gasteiger partial charge in [0.25, 0.3) is 11.1 Å². The van der Waals surface area contributed by atoms with Crippen molar-refractivity contribution < 1.29 is 19.1 Å². The summed E-state index contributed by atoms with van der Waals surface area (Å²) < 4.78 is 5.04. The van der Waals surface area contributed by atoms with Gasteiger partial charge in [0.1, 0.15) is 6.54 Å². The number of ether oxygens (including phenoxy) is 1. The van der Waals surface area contributed by atoms with Gasteiger partial charge in [-0.05, 0) is 81.1 Å². The van der Waals surface area contributed by atoms with Crippen LogP contribution < -0.4 is 4.90 Å². The van der Waals surface area contributed by atoms with Gasteiger partial charge in [-0.2, -0.15) is 0 Å². The van der Waals surface area contributed by atoms with Crippen molar-refractivity contribution in [3.05, 3.63) is 34.2 Å². The van der Waals surface area contributed by atoms with Crippen LogP contribution in [0.5, 0.6) is 0 Å². The third kappa shape index (κ3) is 4.34. The van der Waals surface area contributed by atoms with Crippen molar-refractivity contribution in [2.45, 2.75) is 58.6 Å². The maximum absolute atomic E-state index is 12.6. The van der Waals surface area contributed by atoms with E-state index in [4.69, 9.17) is 4.74 Å². The molecule has 2 amide bonds. The average Bonchev–Trinajstić information content (AvgIpc) is 2.86. The number of hydrogen-bond donors (Lipinski definition) is 0. The van der Waals surface area contributed by atoms with Crippen molar-refractivity contribution >= 4 is 40.6 Å². The molecule has 0 radical (unpaired) electrons. The van der Waals surface area contributed by atoms with Gasteiger partial charge < -0.3 is 9.64 Å². The third-order valence-electron chi connectivity index (χ3n) is 5.48. The number of thioether (sulfide) groups is 1. The van der Waals surface area contributed by atoms with Gasteiger partial charge in [0.2, 0.25) is 0 Å². The van der Waals surface area contributed by atoms with E-state index >= 15 is 0 Å². The second kappa shape index (κ2) is 7.86. The van der Waals surface area contributed by atoms with Gasteiger partial charge in [-0.3, -0.25) is 19.3 Å². The van der Waals surface area contributed by atoms with Crippen LogP contribution in [-0.2, 0) is 14.3 Å². The zero-order valence-corrected chi connectivity index (χ0v) is 18.6. The summed E-state index contributed by atoms with van der Waals surface area (Å²) in [6.45, 7) is 9.77. The number of fused-ring (bicyclic) bond motifs is 1. The Balaban J connectivity index is 1.83. The highest BCUT2D eigenvalue weighted by Crippen LogP contribution is 2.43. The lowest BCUT2D eigenvalue weighted by atomic mass is 9.80. The fraction of sp³-hybridized carbons (Fsp3) is 0.500. The average molecular weight is 417 g/mol. The molecular weight excluding hydrogens is 388 g/mol. The quantitative estimate of drug-likeness (QED) is 0.535. The molecule has 2 aliphatic heterocycles. The molecule has 1 atom stereocenters. The summed E-state index contributed by atoms with van der Waals surface area (Å²) in [6, 6.07) is 6.13. The normalized spacial score (nSPS) is 22.4. The predicted octanol–water partition coefficient (Wildman–Crippen LogP) is 4.40. The van der Waals surface area contributed by atoms with Gasteiger partial charge >= 0.3 is 5.97 Å². The van der Waals surface area contributed by atoms with Crippen LogP contribution in [0.25, 0.3) is 6.08 Å². The third-order valence-corrected chi connectivity index (χ3v) is 6.39. The Morgan fingerprint density at radius 3 is 2.69 bits per heavy atom. The van der Waals surface area contributed by atoms with Crippen LogP contribution in [-0.4, -0.2) is 47.3 Å². The fourth-order valence-electron chi connectivity index (χ4n) is 3.90. The van der Waals surface area contributed by atoms with E-state index in [-0.39, 0.29) is 18.2 Å². The predicted molar refractivity (Wildman–Crippen MR) is 116 cm³/mol. The number of rotatable bonds is 4. The lowest BCUT2D eigenvalue weighted by Gasteiger charge is -2.45. The van der Waals surface area contributed by atoms with E-state index in [0.717, 1.165) is 28.6 Å².